The highest BCUT2D eigenvalue weighted by Crippen LogP contribution is 2.02. The van der Waals surface area contributed by atoms with Crippen molar-refractivity contribution in [2.75, 3.05) is 0 Å². The van der Waals surface area contributed by atoms with Gasteiger partial charge in [-0.1, -0.05) is 0 Å². The third kappa shape index (κ3) is 1.65. The van der Waals surface area contributed by atoms with E-state index in [2.05, 4.69) is 10.2 Å². The minimum atomic E-state index is -0.671. The first-order valence-corrected chi connectivity index (χ1v) is 3.42. The van der Waals surface area contributed by atoms with Crippen LogP contribution in [0, 0.1) is 10.8 Å². The largest absolute Gasteiger partial charge is 0.311 e. The molecule has 0 aliphatic rings. The van der Waals surface area contributed by atoms with Crippen molar-refractivity contribution in [1.29, 1.82) is 10.8 Å². The topological polar surface area (TPSA) is 76.4 Å². The highest BCUT2D eigenvalue weighted by molar-refractivity contribution is 6.41. The first-order valence-electron chi connectivity index (χ1n) is 2.98. The van der Waals surface area contributed by atoms with Gasteiger partial charge in [0.15, 0.2) is 0 Å². The van der Waals surface area contributed by atoms with Crippen LogP contribution in [-0.4, -0.2) is 27.5 Å². The normalized spacial score (nSPS) is 12.5. The molecule has 1 aromatic rings. The average molecular weight is 171 g/mol. The second kappa shape index (κ2) is 3.30. The van der Waals surface area contributed by atoms with Crippen molar-refractivity contribution in [3.05, 3.63) is 18.0 Å². The highest BCUT2D eigenvalue weighted by Gasteiger charge is 2.10. The Labute approximate surface area is 68.6 Å². The standard InChI is InChI=1S/C6H7ClN4/c7-4(3-8)6(9)5-1-2-10-11-5/h1-4,8-9H,(H,10,11). The zero-order chi connectivity index (χ0) is 8.27. The second-order valence-corrected chi connectivity index (χ2v) is 2.42. The summed E-state index contributed by atoms with van der Waals surface area (Å²) in [7, 11) is 0. The molecule has 0 spiro atoms. The summed E-state index contributed by atoms with van der Waals surface area (Å²) in [4.78, 5) is 0. The third-order valence-corrected chi connectivity index (χ3v) is 1.56. The average Bonchev–Trinajstić information content (AvgIpc) is 2.53. The Morgan fingerprint density at radius 3 is 3.00 bits per heavy atom. The van der Waals surface area contributed by atoms with Gasteiger partial charge in [0, 0.05) is 12.4 Å². The first-order chi connectivity index (χ1) is 5.25. The molecule has 0 fully saturated rings. The maximum Gasteiger partial charge on any atom is 0.111 e. The molecule has 1 rings (SSSR count). The molecular formula is C6H7ClN4. The van der Waals surface area contributed by atoms with Crippen LogP contribution in [0.3, 0.4) is 0 Å². The van der Waals surface area contributed by atoms with E-state index < -0.39 is 5.38 Å². The van der Waals surface area contributed by atoms with Crippen molar-refractivity contribution >= 4 is 23.5 Å². The Hall–Kier alpha value is -1.16. The molecule has 0 amide bonds. The lowest BCUT2D eigenvalue weighted by molar-refractivity contribution is 1.07. The van der Waals surface area contributed by atoms with Crippen LogP contribution in [0.5, 0.6) is 0 Å². The molecular weight excluding hydrogens is 164 g/mol. The molecule has 1 atom stereocenters. The lowest BCUT2D eigenvalue weighted by atomic mass is 10.2. The maximum absolute atomic E-state index is 7.40. The Kier molecular flexibility index (Phi) is 2.38. The number of rotatable bonds is 3. The molecule has 0 aromatic carbocycles. The molecule has 0 aliphatic heterocycles. The minimum absolute atomic E-state index is 0.166. The van der Waals surface area contributed by atoms with Gasteiger partial charge in [0.1, 0.15) is 5.38 Å². The van der Waals surface area contributed by atoms with Crippen LogP contribution >= 0.6 is 11.6 Å². The fourth-order valence-corrected chi connectivity index (χ4v) is 0.755. The van der Waals surface area contributed by atoms with E-state index in [1.54, 1.807) is 6.07 Å². The lowest BCUT2D eigenvalue weighted by Gasteiger charge is -2.00. The number of halogens is 1. The van der Waals surface area contributed by atoms with Crippen LogP contribution in [0.2, 0.25) is 0 Å². The molecule has 1 aromatic heterocycles. The molecule has 0 radical (unpaired) electrons. The van der Waals surface area contributed by atoms with Gasteiger partial charge >= 0.3 is 0 Å². The quantitative estimate of drug-likeness (QED) is 0.460. The van der Waals surface area contributed by atoms with Gasteiger partial charge in [-0.25, -0.2) is 0 Å². The summed E-state index contributed by atoms with van der Waals surface area (Å²) in [6.45, 7) is 0. The summed E-state index contributed by atoms with van der Waals surface area (Å²) in [5.74, 6) is 0. The second-order valence-electron chi connectivity index (χ2n) is 1.95. The van der Waals surface area contributed by atoms with Crippen LogP contribution in [0.1, 0.15) is 5.69 Å². The van der Waals surface area contributed by atoms with Crippen LogP contribution in [-0.2, 0) is 0 Å². The summed E-state index contributed by atoms with van der Waals surface area (Å²) in [6.07, 6.45) is 2.54. The smallest absolute Gasteiger partial charge is 0.111 e. The van der Waals surface area contributed by atoms with Gasteiger partial charge in [0.25, 0.3) is 0 Å². The van der Waals surface area contributed by atoms with Crippen molar-refractivity contribution in [2.24, 2.45) is 0 Å². The fraction of sp³-hybridized carbons (Fsp3) is 0.167. The molecule has 0 bridgehead atoms. The van der Waals surface area contributed by atoms with E-state index in [4.69, 9.17) is 22.4 Å². The molecule has 0 saturated heterocycles. The summed E-state index contributed by atoms with van der Waals surface area (Å²) < 4.78 is 0. The van der Waals surface area contributed by atoms with Gasteiger partial charge in [-0.05, 0) is 6.07 Å². The monoisotopic (exact) mass is 170 g/mol. The van der Waals surface area contributed by atoms with Crippen molar-refractivity contribution in [3.63, 3.8) is 0 Å². The number of hydrogen-bond acceptors (Lipinski definition) is 3. The number of nitrogens with one attached hydrogen (secondary N) is 3. The Morgan fingerprint density at radius 1 is 1.82 bits per heavy atom. The number of aromatic amines is 1. The minimum Gasteiger partial charge on any atom is -0.311 e. The zero-order valence-electron chi connectivity index (χ0n) is 5.63. The Balaban J connectivity index is 2.78. The van der Waals surface area contributed by atoms with Crippen molar-refractivity contribution in [3.8, 4) is 0 Å². The summed E-state index contributed by atoms with van der Waals surface area (Å²) in [5, 5.41) is 19.8. The van der Waals surface area contributed by atoms with Crippen molar-refractivity contribution < 1.29 is 0 Å². The lowest BCUT2D eigenvalue weighted by Crippen LogP contribution is -2.15. The van der Waals surface area contributed by atoms with Crippen molar-refractivity contribution in [1.82, 2.24) is 10.2 Å². The maximum atomic E-state index is 7.40. The summed E-state index contributed by atoms with van der Waals surface area (Å²) in [6, 6.07) is 1.64. The number of H-pyrrole nitrogens is 1. The molecule has 3 N–H and O–H groups in total. The third-order valence-electron chi connectivity index (χ3n) is 1.21. The van der Waals surface area contributed by atoms with Gasteiger partial charge in [-0.3, -0.25) is 5.10 Å². The summed E-state index contributed by atoms with van der Waals surface area (Å²) >= 11 is 5.59. The number of alkyl halides is 1. The predicted octanol–water partition coefficient (Wildman–Crippen LogP) is 1.03. The highest BCUT2D eigenvalue weighted by atomic mass is 35.5. The van der Waals surface area contributed by atoms with E-state index in [-0.39, 0.29) is 5.71 Å². The molecule has 5 heteroatoms. The fourth-order valence-electron chi connectivity index (χ4n) is 0.638. The molecule has 11 heavy (non-hydrogen) atoms. The number of hydrogen-bond donors (Lipinski definition) is 3. The van der Waals surface area contributed by atoms with E-state index in [1.165, 1.54) is 6.20 Å². The van der Waals surface area contributed by atoms with Crippen molar-refractivity contribution in [2.45, 2.75) is 5.38 Å². The Morgan fingerprint density at radius 2 is 2.55 bits per heavy atom. The van der Waals surface area contributed by atoms with Crippen LogP contribution in [0.15, 0.2) is 12.3 Å². The predicted molar refractivity (Wildman–Crippen MR) is 43.8 cm³/mol. The molecule has 1 unspecified atom stereocenters. The summed E-state index contributed by atoms with van der Waals surface area (Å²) in [5.41, 5.74) is 0.715. The van der Waals surface area contributed by atoms with Crippen LogP contribution in [0.25, 0.3) is 0 Å². The van der Waals surface area contributed by atoms with Gasteiger partial charge in [0.2, 0.25) is 0 Å². The molecule has 4 nitrogen and oxygen atoms in total. The number of aromatic nitrogens is 2. The van der Waals surface area contributed by atoms with E-state index >= 15 is 0 Å². The van der Waals surface area contributed by atoms with Gasteiger partial charge in [-0.15, -0.1) is 11.6 Å². The van der Waals surface area contributed by atoms with Gasteiger partial charge < -0.3 is 10.8 Å². The molecule has 0 saturated carbocycles. The van der Waals surface area contributed by atoms with Crippen LogP contribution < -0.4 is 0 Å². The SMILES string of the molecule is N=CC(Cl)C(=N)c1ccn[nH]1. The van der Waals surface area contributed by atoms with Gasteiger partial charge in [-0.2, -0.15) is 5.10 Å². The zero-order valence-corrected chi connectivity index (χ0v) is 6.39. The molecule has 58 valence electrons. The van der Waals surface area contributed by atoms with Gasteiger partial charge in [0.05, 0.1) is 11.4 Å². The van der Waals surface area contributed by atoms with E-state index in [0.29, 0.717) is 5.69 Å². The number of nitrogens with zero attached hydrogens (tertiary/aromatic N) is 1. The molecule has 1 heterocycles. The first kappa shape index (κ1) is 7.94. The molecule has 0 aliphatic carbocycles. The van der Waals surface area contributed by atoms with Crippen LogP contribution in [0.4, 0.5) is 0 Å². The van der Waals surface area contributed by atoms with E-state index in [0.717, 1.165) is 6.21 Å². The van der Waals surface area contributed by atoms with E-state index in [9.17, 15) is 0 Å². The Bertz CT molecular complexity index is 254. The van der Waals surface area contributed by atoms with E-state index in [1.807, 2.05) is 0 Å².